The van der Waals surface area contributed by atoms with E-state index in [1.54, 1.807) is 12.3 Å². The van der Waals surface area contributed by atoms with Gasteiger partial charge in [0, 0.05) is 6.20 Å². The Balaban J connectivity index is 2.81. The van der Waals surface area contributed by atoms with Gasteiger partial charge in [-0.1, -0.05) is 24.4 Å². The molecule has 36 valence electrons. The molecule has 0 unspecified atom stereocenters. The smallest absolute Gasteiger partial charge is 0.121 e. The van der Waals surface area contributed by atoms with Crippen molar-refractivity contribution in [2.24, 2.45) is 0 Å². The summed E-state index contributed by atoms with van der Waals surface area (Å²) in [7, 11) is 0. The Kier molecular flexibility index (Phi) is 1.17. The van der Waals surface area contributed by atoms with Gasteiger partial charge in [-0.2, -0.15) is 0 Å². The lowest BCUT2D eigenvalue weighted by atomic mass is 10.5. The highest BCUT2D eigenvalue weighted by Gasteiger charge is 2.02. The third-order valence-electron chi connectivity index (χ3n) is 0.673. The van der Waals surface area contributed by atoms with Gasteiger partial charge in [-0.05, 0) is 6.08 Å². The predicted octanol–water partition coefficient (Wildman–Crippen LogP) is 0.801. The molecule has 0 saturated carbocycles. The van der Waals surface area contributed by atoms with Crippen LogP contribution < -0.4 is 5.32 Å². The van der Waals surface area contributed by atoms with Crippen molar-refractivity contribution in [1.82, 2.24) is 5.32 Å². The average molecular weight is 129 g/mol. The van der Waals surface area contributed by atoms with E-state index >= 15 is 0 Å². The zero-order valence-electron chi connectivity index (χ0n) is 3.47. The van der Waals surface area contributed by atoms with E-state index in [9.17, 15) is 0 Å². The highest BCUT2D eigenvalue weighted by molar-refractivity contribution is 7.89. The summed E-state index contributed by atoms with van der Waals surface area (Å²) < 4.78 is 0. The molecule has 1 heterocycles. The highest BCUT2D eigenvalue weighted by atomic mass is 32.1. The Morgan fingerprint density at radius 1 is 1.43 bits per heavy atom. The Labute approximate surface area is 52.4 Å². The van der Waals surface area contributed by atoms with Crippen molar-refractivity contribution in [3.63, 3.8) is 0 Å². The first-order chi connectivity index (χ1) is 3.30. The second-order valence-corrected chi connectivity index (χ2v) is 2.02. The van der Waals surface area contributed by atoms with Gasteiger partial charge in [0.05, 0.1) is 4.86 Å². The third-order valence-corrected chi connectivity index (χ3v) is 1.48. The first-order valence-corrected chi connectivity index (χ1v) is 2.64. The molecule has 0 aliphatic carbocycles. The fraction of sp³-hybridized carbons (Fsp3) is 0. The van der Waals surface area contributed by atoms with Crippen molar-refractivity contribution >= 4 is 34.3 Å². The van der Waals surface area contributed by atoms with Crippen LogP contribution in [0.15, 0.2) is 12.3 Å². The minimum atomic E-state index is 0.662. The molecule has 1 aliphatic heterocycles. The van der Waals surface area contributed by atoms with Gasteiger partial charge in [-0.15, -0.1) is 0 Å². The maximum absolute atomic E-state index is 4.75. The molecule has 1 nitrogen and oxygen atoms in total. The van der Waals surface area contributed by atoms with Gasteiger partial charge in [0.1, 0.15) is 4.99 Å². The number of hydrogen-bond acceptors (Lipinski definition) is 2. The van der Waals surface area contributed by atoms with Crippen molar-refractivity contribution in [2.45, 2.75) is 0 Å². The van der Waals surface area contributed by atoms with Crippen molar-refractivity contribution in [3.05, 3.63) is 12.3 Å². The molecule has 0 atom stereocenters. The van der Waals surface area contributed by atoms with E-state index in [0.717, 1.165) is 4.86 Å². The zero-order valence-corrected chi connectivity index (χ0v) is 5.10. The van der Waals surface area contributed by atoms with Crippen LogP contribution in [0.4, 0.5) is 0 Å². The SMILES string of the molecule is S=C1C=CNC1=S. The molecule has 0 spiro atoms. The lowest BCUT2D eigenvalue weighted by Crippen LogP contribution is -2.13. The first-order valence-electron chi connectivity index (χ1n) is 1.82. The summed E-state index contributed by atoms with van der Waals surface area (Å²) >= 11 is 9.48. The minimum Gasteiger partial charge on any atom is -0.352 e. The molecule has 0 radical (unpaired) electrons. The zero-order chi connectivity index (χ0) is 5.28. The fourth-order valence-electron chi connectivity index (χ4n) is 0.340. The standard InChI is InChI=1S/C4H3NS2/c6-3-1-2-5-4(3)7/h1-2H,(H,5,6,7). The summed E-state index contributed by atoms with van der Waals surface area (Å²) in [6.45, 7) is 0. The Bertz CT molecular complexity index is 148. The van der Waals surface area contributed by atoms with Crippen molar-refractivity contribution < 1.29 is 0 Å². The second-order valence-electron chi connectivity index (χ2n) is 1.17. The summed E-state index contributed by atoms with van der Waals surface area (Å²) in [5.41, 5.74) is 0. The molecule has 1 aliphatic rings. The summed E-state index contributed by atoms with van der Waals surface area (Å²) in [5, 5.41) is 2.78. The Morgan fingerprint density at radius 3 is 2.29 bits per heavy atom. The maximum Gasteiger partial charge on any atom is 0.121 e. The molecule has 0 aromatic heterocycles. The van der Waals surface area contributed by atoms with Crippen LogP contribution in [0.2, 0.25) is 0 Å². The first kappa shape index (κ1) is 4.87. The quantitative estimate of drug-likeness (QED) is 0.486. The molecule has 3 heteroatoms. The van der Waals surface area contributed by atoms with Crippen LogP contribution in [0, 0.1) is 0 Å². The normalized spacial score (nSPS) is 17.7. The number of rotatable bonds is 0. The van der Waals surface area contributed by atoms with E-state index in [4.69, 9.17) is 24.4 Å². The van der Waals surface area contributed by atoms with Crippen LogP contribution in [0.25, 0.3) is 0 Å². The fourth-order valence-corrected chi connectivity index (χ4v) is 0.603. The lowest BCUT2D eigenvalue weighted by Gasteiger charge is -1.85. The van der Waals surface area contributed by atoms with Gasteiger partial charge in [0.15, 0.2) is 0 Å². The van der Waals surface area contributed by atoms with Crippen molar-refractivity contribution in [1.29, 1.82) is 0 Å². The van der Waals surface area contributed by atoms with Crippen molar-refractivity contribution in [3.8, 4) is 0 Å². The molecule has 0 aromatic rings. The highest BCUT2D eigenvalue weighted by Crippen LogP contribution is 1.90. The van der Waals surface area contributed by atoms with Crippen molar-refractivity contribution in [2.75, 3.05) is 0 Å². The van der Waals surface area contributed by atoms with Crippen LogP contribution >= 0.6 is 24.4 Å². The van der Waals surface area contributed by atoms with Crippen LogP contribution in [0.3, 0.4) is 0 Å². The molecule has 7 heavy (non-hydrogen) atoms. The molecule has 0 aromatic carbocycles. The topological polar surface area (TPSA) is 12.0 Å². The molecule has 0 bridgehead atoms. The van der Waals surface area contributed by atoms with Gasteiger partial charge in [-0.3, -0.25) is 0 Å². The summed E-state index contributed by atoms with van der Waals surface area (Å²) in [4.78, 5) is 1.39. The summed E-state index contributed by atoms with van der Waals surface area (Å²) in [6.07, 6.45) is 3.52. The van der Waals surface area contributed by atoms with E-state index in [1.807, 2.05) is 0 Å². The Morgan fingerprint density at radius 2 is 2.14 bits per heavy atom. The van der Waals surface area contributed by atoms with E-state index < -0.39 is 0 Å². The van der Waals surface area contributed by atoms with Gasteiger partial charge >= 0.3 is 0 Å². The van der Waals surface area contributed by atoms with Crippen LogP contribution in [-0.4, -0.2) is 9.85 Å². The lowest BCUT2D eigenvalue weighted by molar-refractivity contribution is 1.37. The number of nitrogens with one attached hydrogen (secondary N) is 1. The van der Waals surface area contributed by atoms with Crippen LogP contribution in [0.5, 0.6) is 0 Å². The molecule has 1 rings (SSSR count). The maximum atomic E-state index is 4.75. The summed E-state index contributed by atoms with van der Waals surface area (Å²) in [6, 6.07) is 0. The molecular weight excluding hydrogens is 126 g/mol. The molecule has 1 N–H and O–H groups in total. The second kappa shape index (κ2) is 1.68. The Hall–Kier alpha value is -0.280. The van der Waals surface area contributed by atoms with E-state index in [1.165, 1.54) is 0 Å². The monoisotopic (exact) mass is 129 g/mol. The van der Waals surface area contributed by atoms with Gasteiger partial charge in [0.25, 0.3) is 0 Å². The number of thiocarbonyl (C=S) groups is 2. The molecular formula is C4H3NS2. The average Bonchev–Trinajstić information content (AvgIpc) is 1.91. The summed E-state index contributed by atoms with van der Waals surface area (Å²) in [5.74, 6) is 0. The molecule has 0 amide bonds. The molecule has 0 saturated heterocycles. The van der Waals surface area contributed by atoms with E-state index in [-0.39, 0.29) is 0 Å². The van der Waals surface area contributed by atoms with Crippen LogP contribution in [0.1, 0.15) is 0 Å². The molecule has 0 fully saturated rings. The van der Waals surface area contributed by atoms with Gasteiger partial charge in [-0.25, -0.2) is 0 Å². The van der Waals surface area contributed by atoms with E-state index in [2.05, 4.69) is 5.32 Å². The largest absolute Gasteiger partial charge is 0.352 e. The predicted molar refractivity (Wildman–Crippen MR) is 37.5 cm³/mol. The van der Waals surface area contributed by atoms with Gasteiger partial charge in [0.2, 0.25) is 0 Å². The minimum absolute atomic E-state index is 0.662. The third kappa shape index (κ3) is 0.838. The van der Waals surface area contributed by atoms with Gasteiger partial charge < -0.3 is 5.32 Å². The number of hydrogen-bond donors (Lipinski definition) is 1. The van der Waals surface area contributed by atoms with E-state index in [0.29, 0.717) is 4.99 Å². The van der Waals surface area contributed by atoms with Crippen LogP contribution in [-0.2, 0) is 0 Å².